The lowest BCUT2D eigenvalue weighted by atomic mass is 10.1. The fraction of sp³-hybridized carbons (Fsp3) is 0.700. The molecule has 0 amide bonds. The maximum absolute atomic E-state index is 13.6. The van der Waals surface area contributed by atoms with Gasteiger partial charge in [-0.1, -0.05) is 103 Å². The van der Waals surface area contributed by atoms with E-state index in [-0.39, 0.29) is 5.16 Å². The minimum absolute atomic E-state index is 0.143. The van der Waals surface area contributed by atoms with Gasteiger partial charge in [0.05, 0.1) is 0 Å². The van der Waals surface area contributed by atoms with Crippen LogP contribution in [0.4, 0.5) is 0 Å². The SMILES string of the molecule is CCCCCCCCCCP(=O)(c1ccccc1)C(C)(C)C. The van der Waals surface area contributed by atoms with Crippen molar-refractivity contribution in [2.45, 2.75) is 84.2 Å². The number of benzene rings is 1. The number of rotatable bonds is 10. The predicted molar refractivity (Wildman–Crippen MR) is 101 cm³/mol. The van der Waals surface area contributed by atoms with Gasteiger partial charge >= 0.3 is 0 Å². The normalized spacial score (nSPS) is 14.7. The highest BCUT2D eigenvalue weighted by molar-refractivity contribution is 7.73. The molecule has 0 fully saturated rings. The Hall–Kier alpha value is -0.550. The van der Waals surface area contributed by atoms with E-state index in [1.54, 1.807) is 0 Å². The Morgan fingerprint density at radius 1 is 0.818 bits per heavy atom. The van der Waals surface area contributed by atoms with E-state index in [0.717, 1.165) is 17.9 Å². The van der Waals surface area contributed by atoms with E-state index < -0.39 is 7.14 Å². The lowest BCUT2D eigenvalue weighted by molar-refractivity contribution is 0.548. The van der Waals surface area contributed by atoms with Crippen molar-refractivity contribution < 1.29 is 4.57 Å². The minimum atomic E-state index is -2.32. The molecule has 0 N–H and O–H groups in total. The summed E-state index contributed by atoms with van der Waals surface area (Å²) in [6.07, 6.45) is 11.2. The summed E-state index contributed by atoms with van der Waals surface area (Å²) in [6, 6.07) is 10.1. The van der Waals surface area contributed by atoms with Gasteiger partial charge in [0, 0.05) is 16.6 Å². The molecule has 0 spiro atoms. The van der Waals surface area contributed by atoms with Crippen LogP contribution in [0.1, 0.15) is 79.1 Å². The highest BCUT2D eigenvalue weighted by Gasteiger charge is 2.37. The Balaban J connectivity index is 2.46. The Labute approximate surface area is 138 Å². The van der Waals surface area contributed by atoms with Crippen LogP contribution in [0.2, 0.25) is 0 Å². The molecule has 0 saturated heterocycles. The largest absolute Gasteiger partial charge is 0.318 e. The molecule has 0 radical (unpaired) electrons. The van der Waals surface area contributed by atoms with Gasteiger partial charge < -0.3 is 4.57 Å². The third-order valence-corrected chi connectivity index (χ3v) is 8.83. The molecule has 126 valence electrons. The fourth-order valence-electron chi connectivity index (χ4n) is 2.99. The van der Waals surface area contributed by atoms with Crippen LogP contribution in [0.3, 0.4) is 0 Å². The average molecular weight is 322 g/mol. The molecule has 0 aliphatic rings. The van der Waals surface area contributed by atoms with Crippen molar-refractivity contribution in [3.8, 4) is 0 Å². The van der Waals surface area contributed by atoms with Crippen LogP contribution in [-0.4, -0.2) is 11.3 Å². The monoisotopic (exact) mass is 322 g/mol. The quantitative estimate of drug-likeness (QED) is 0.350. The Bertz CT molecular complexity index is 445. The van der Waals surface area contributed by atoms with Crippen molar-refractivity contribution in [1.29, 1.82) is 0 Å². The lowest BCUT2D eigenvalue weighted by Crippen LogP contribution is -2.25. The van der Waals surface area contributed by atoms with Crippen LogP contribution < -0.4 is 5.30 Å². The maximum atomic E-state index is 13.6. The van der Waals surface area contributed by atoms with Crippen molar-refractivity contribution in [2.24, 2.45) is 0 Å². The van der Waals surface area contributed by atoms with Gasteiger partial charge in [-0.2, -0.15) is 0 Å². The molecule has 1 nitrogen and oxygen atoms in total. The number of unbranched alkanes of at least 4 members (excludes halogenated alkanes) is 7. The van der Waals surface area contributed by atoms with Crippen molar-refractivity contribution in [2.75, 3.05) is 6.16 Å². The molecule has 1 unspecified atom stereocenters. The summed E-state index contributed by atoms with van der Waals surface area (Å²) in [5.41, 5.74) is 0. The van der Waals surface area contributed by atoms with Crippen LogP contribution in [0, 0.1) is 0 Å². The zero-order valence-electron chi connectivity index (χ0n) is 15.1. The number of hydrogen-bond acceptors (Lipinski definition) is 1. The minimum Gasteiger partial charge on any atom is -0.318 e. The van der Waals surface area contributed by atoms with E-state index in [9.17, 15) is 4.57 Å². The second kappa shape index (κ2) is 9.56. The fourth-order valence-corrected chi connectivity index (χ4v) is 6.02. The first kappa shape index (κ1) is 19.5. The molecule has 1 aromatic rings. The summed E-state index contributed by atoms with van der Waals surface area (Å²) in [6.45, 7) is 8.65. The summed E-state index contributed by atoms with van der Waals surface area (Å²) in [5, 5.41) is 0.917. The van der Waals surface area contributed by atoms with E-state index in [2.05, 4.69) is 39.8 Å². The maximum Gasteiger partial charge on any atom is 0.120 e. The van der Waals surface area contributed by atoms with Gasteiger partial charge in [-0.25, -0.2) is 0 Å². The zero-order valence-corrected chi connectivity index (χ0v) is 16.0. The topological polar surface area (TPSA) is 17.1 Å². The van der Waals surface area contributed by atoms with E-state index in [0.29, 0.717) is 0 Å². The van der Waals surface area contributed by atoms with Crippen molar-refractivity contribution in [3.05, 3.63) is 30.3 Å². The number of hydrogen-bond donors (Lipinski definition) is 0. The lowest BCUT2D eigenvalue weighted by Gasteiger charge is -2.32. The smallest absolute Gasteiger partial charge is 0.120 e. The second-order valence-electron chi connectivity index (χ2n) is 7.44. The Morgan fingerprint density at radius 3 is 1.82 bits per heavy atom. The molecule has 0 bridgehead atoms. The highest BCUT2D eigenvalue weighted by Crippen LogP contribution is 2.57. The van der Waals surface area contributed by atoms with E-state index >= 15 is 0 Å². The van der Waals surface area contributed by atoms with Crippen molar-refractivity contribution >= 4 is 12.4 Å². The molecule has 0 aliphatic carbocycles. The molecule has 1 rings (SSSR count). The summed E-state index contributed by atoms with van der Waals surface area (Å²) < 4.78 is 13.6. The molecule has 0 saturated carbocycles. The van der Waals surface area contributed by atoms with Crippen LogP contribution in [0.15, 0.2) is 30.3 Å². The predicted octanol–water partition coefficient (Wildman–Crippen LogP) is 6.61. The van der Waals surface area contributed by atoms with Crippen LogP contribution >= 0.6 is 7.14 Å². The van der Waals surface area contributed by atoms with Gasteiger partial charge in [0.2, 0.25) is 0 Å². The molecule has 0 heterocycles. The van der Waals surface area contributed by atoms with Gasteiger partial charge in [-0.05, 0) is 6.42 Å². The first-order valence-electron chi connectivity index (χ1n) is 9.06. The Kier molecular flexibility index (Phi) is 8.47. The molecule has 1 aromatic carbocycles. The van der Waals surface area contributed by atoms with Gasteiger partial charge in [-0.15, -0.1) is 0 Å². The third kappa shape index (κ3) is 5.92. The van der Waals surface area contributed by atoms with E-state index in [1.807, 2.05) is 18.2 Å². The summed E-state index contributed by atoms with van der Waals surface area (Å²) in [5.74, 6) is 0. The van der Waals surface area contributed by atoms with Crippen molar-refractivity contribution in [3.63, 3.8) is 0 Å². The van der Waals surface area contributed by atoms with Crippen LogP contribution in [0.5, 0.6) is 0 Å². The van der Waals surface area contributed by atoms with E-state index in [4.69, 9.17) is 0 Å². The van der Waals surface area contributed by atoms with Gasteiger partial charge in [0.1, 0.15) is 7.14 Å². The first-order valence-corrected chi connectivity index (χ1v) is 11.0. The average Bonchev–Trinajstić information content (AvgIpc) is 2.49. The second-order valence-corrected chi connectivity index (χ2v) is 11.2. The molecule has 0 aromatic heterocycles. The van der Waals surface area contributed by atoms with Gasteiger partial charge in [0.25, 0.3) is 0 Å². The van der Waals surface area contributed by atoms with Gasteiger partial charge in [0.15, 0.2) is 0 Å². The Morgan fingerprint density at radius 2 is 1.32 bits per heavy atom. The molecule has 0 aliphatic heterocycles. The summed E-state index contributed by atoms with van der Waals surface area (Å²) >= 11 is 0. The van der Waals surface area contributed by atoms with Crippen LogP contribution in [0.25, 0.3) is 0 Å². The highest BCUT2D eigenvalue weighted by atomic mass is 31.2. The molecular formula is C20H35OP. The third-order valence-electron chi connectivity index (χ3n) is 4.58. The van der Waals surface area contributed by atoms with E-state index in [1.165, 1.54) is 44.9 Å². The molecular weight excluding hydrogens is 287 g/mol. The molecule has 2 heteroatoms. The standard InChI is InChI=1S/C20H35OP/c1-5-6-7-8-9-10-11-15-18-22(21,20(2,3)4)19-16-13-12-14-17-19/h12-14,16-17H,5-11,15,18H2,1-4H3. The first-order chi connectivity index (χ1) is 10.4. The molecule has 22 heavy (non-hydrogen) atoms. The van der Waals surface area contributed by atoms with Gasteiger partial charge in [-0.3, -0.25) is 0 Å². The molecule has 1 atom stereocenters. The van der Waals surface area contributed by atoms with Crippen molar-refractivity contribution in [1.82, 2.24) is 0 Å². The van der Waals surface area contributed by atoms with Crippen LogP contribution in [-0.2, 0) is 4.57 Å². The summed E-state index contributed by atoms with van der Waals surface area (Å²) in [4.78, 5) is 0. The zero-order chi connectivity index (χ0) is 16.5. The summed E-state index contributed by atoms with van der Waals surface area (Å²) in [7, 11) is -2.32.